The maximum Gasteiger partial charge on any atom is 0.136 e. The van der Waals surface area contributed by atoms with Crippen LogP contribution in [0.25, 0.3) is 5.57 Å². The van der Waals surface area contributed by atoms with E-state index in [-0.39, 0.29) is 6.61 Å². The Bertz CT molecular complexity index is 869. The first kappa shape index (κ1) is 18.2. The lowest BCUT2D eigenvalue weighted by Gasteiger charge is -2.36. The number of benzene rings is 2. The van der Waals surface area contributed by atoms with E-state index in [1.54, 1.807) is 0 Å². The number of aliphatic hydroxyl groups excluding tert-OH is 1. The number of fused-ring (bicyclic) bond motifs is 1. The summed E-state index contributed by atoms with van der Waals surface area (Å²) in [5, 5.41) is 9.93. The first-order valence-electron chi connectivity index (χ1n) is 9.46. The van der Waals surface area contributed by atoms with Crippen molar-refractivity contribution in [3.63, 3.8) is 0 Å². The molecule has 2 aliphatic rings. The lowest BCUT2D eigenvalue weighted by Crippen LogP contribution is -2.49. The largest absolute Gasteiger partial charge is 0.395 e. The summed E-state index contributed by atoms with van der Waals surface area (Å²) in [6.07, 6.45) is 3.13. The van der Waals surface area contributed by atoms with Gasteiger partial charge in [-0.05, 0) is 35.7 Å². The Kier molecular flexibility index (Phi) is 5.58. The second-order valence-electron chi connectivity index (χ2n) is 6.95. The van der Waals surface area contributed by atoms with Crippen LogP contribution < -0.4 is 0 Å². The van der Waals surface area contributed by atoms with E-state index in [1.807, 2.05) is 24.3 Å². The fourth-order valence-corrected chi connectivity index (χ4v) is 3.93. The van der Waals surface area contributed by atoms with E-state index in [2.05, 4.69) is 40.1 Å². The van der Waals surface area contributed by atoms with Crippen molar-refractivity contribution in [2.45, 2.75) is 6.42 Å². The molecular formula is C22H24ClN3O. The van der Waals surface area contributed by atoms with E-state index in [9.17, 15) is 5.11 Å². The average Bonchev–Trinajstić information content (AvgIpc) is 2.89. The molecular weight excluding hydrogens is 358 g/mol. The van der Waals surface area contributed by atoms with E-state index < -0.39 is 0 Å². The monoisotopic (exact) mass is 381 g/mol. The molecule has 4 nitrogen and oxygen atoms in total. The number of hydrogen-bond donors (Lipinski definition) is 1. The van der Waals surface area contributed by atoms with Gasteiger partial charge in [0, 0.05) is 43.3 Å². The van der Waals surface area contributed by atoms with Gasteiger partial charge < -0.3 is 10.0 Å². The van der Waals surface area contributed by atoms with E-state index in [1.165, 1.54) is 5.56 Å². The van der Waals surface area contributed by atoms with Gasteiger partial charge in [-0.2, -0.15) is 0 Å². The Morgan fingerprint density at radius 2 is 1.81 bits per heavy atom. The normalized spacial score (nSPS) is 17.8. The molecule has 1 N–H and O–H groups in total. The lowest BCUT2D eigenvalue weighted by atomic mass is 10.0. The molecule has 0 spiro atoms. The molecule has 2 aromatic rings. The van der Waals surface area contributed by atoms with Crippen LogP contribution in [0.2, 0.25) is 5.02 Å². The van der Waals surface area contributed by atoms with Crippen LogP contribution in [0.4, 0.5) is 5.69 Å². The Morgan fingerprint density at radius 1 is 1.00 bits per heavy atom. The predicted octanol–water partition coefficient (Wildman–Crippen LogP) is 3.62. The molecule has 0 amide bonds. The first-order valence-corrected chi connectivity index (χ1v) is 9.83. The molecule has 140 valence electrons. The minimum atomic E-state index is 0.210. The van der Waals surface area contributed by atoms with Gasteiger partial charge >= 0.3 is 0 Å². The van der Waals surface area contributed by atoms with Crippen molar-refractivity contribution in [2.75, 3.05) is 39.3 Å². The van der Waals surface area contributed by atoms with Crippen molar-refractivity contribution in [3.05, 3.63) is 70.8 Å². The van der Waals surface area contributed by atoms with E-state index in [0.717, 1.165) is 66.8 Å². The van der Waals surface area contributed by atoms with Crippen LogP contribution in [0.3, 0.4) is 0 Å². The van der Waals surface area contributed by atoms with Gasteiger partial charge in [0.25, 0.3) is 0 Å². The Hall–Kier alpha value is -2.14. The van der Waals surface area contributed by atoms with Gasteiger partial charge in [0.2, 0.25) is 0 Å². The molecule has 4 rings (SSSR count). The summed E-state index contributed by atoms with van der Waals surface area (Å²) in [6, 6.07) is 16.4. The molecule has 0 unspecified atom stereocenters. The number of rotatable bonds is 3. The van der Waals surface area contributed by atoms with Crippen LogP contribution in [-0.4, -0.2) is 60.1 Å². The fourth-order valence-electron chi connectivity index (χ4n) is 3.74. The van der Waals surface area contributed by atoms with Crippen LogP contribution >= 0.6 is 11.6 Å². The molecule has 0 saturated carbocycles. The zero-order valence-electron chi connectivity index (χ0n) is 15.3. The summed E-state index contributed by atoms with van der Waals surface area (Å²) in [5.74, 6) is 1.02. The maximum absolute atomic E-state index is 9.20. The summed E-state index contributed by atoms with van der Waals surface area (Å²) in [7, 11) is 0. The molecule has 2 aromatic carbocycles. The second kappa shape index (κ2) is 8.26. The zero-order valence-corrected chi connectivity index (χ0v) is 16.1. The number of piperazine rings is 1. The molecule has 0 radical (unpaired) electrons. The molecule has 5 heteroatoms. The highest BCUT2D eigenvalue weighted by molar-refractivity contribution is 6.31. The molecule has 1 saturated heterocycles. The number of para-hydroxylation sites is 1. The SMILES string of the molecule is OCCN1CCN(C2=Nc3ccccc3CC=C2c2cccc(Cl)c2)CC1. The molecule has 1 fully saturated rings. The average molecular weight is 382 g/mol. The summed E-state index contributed by atoms with van der Waals surface area (Å²) in [6.45, 7) is 4.62. The van der Waals surface area contributed by atoms with E-state index in [0.29, 0.717) is 0 Å². The maximum atomic E-state index is 9.20. The van der Waals surface area contributed by atoms with Crippen LogP contribution in [0.5, 0.6) is 0 Å². The predicted molar refractivity (Wildman–Crippen MR) is 112 cm³/mol. The summed E-state index contributed by atoms with van der Waals surface area (Å²) < 4.78 is 0. The van der Waals surface area contributed by atoms with Gasteiger partial charge in [0.15, 0.2) is 0 Å². The second-order valence-corrected chi connectivity index (χ2v) is 7.39. The van der Waals surface area contributed by atoms with Gasteiger partial charge in [0.05, 0.1) is 12.3 Å². The van der Waals surface area contributed by atoms with Crippen molar-refractivity contribution in [3.8, 4) is 0 Å². The molecule has 2 aliphatic heterocycles. The van der Waals surface area contributed by atoms with Crippen molar-refractivity contribution in [2.24, 2.45) is 4.99 Å². The highest BCUT2D eigenvalue weighted by atomic mass is 35.5. The van der Waals surface area contributed by atoms with Crippen molar-refractivity contribution in [1.29, 1.82) is 0 Å². The number of aliphatic hydroxyl groups is 1. The third-order valence-corrected chi connectivity index (χ3v) is 5.44. The van der Waals surface area contributed by atoms with Crippen LogP contribution in [-0.2, 0) is 6.42 Å². The van der Waals surface area contributed by atoms with Gasteiger partial charge in [0.1, 0.15) is 5.84 Å². The highest BCUT2D eigenvalue weighted by Crippen LogP contribution is 2.30. The van der Waals surface area contributed by atoms with E-state index in [4.69, 9.17) is 16.6 Å². The molecule has 2 heterocycles. The van der Waals surface area contributed by atoms with Crippen molar-refractivity contribution >= 4 is 28.7 Å². The number of allylic oxidation sites excluding steroid dienone is 1. The molecule has 0 bridgehead atoms. The Balaban J connectivity index is 1.70. The van der Waals surface area contributed by atoms with Gasteiger partial charge in [-0.15, -0.1) is 0 Å². The number of β-amino-alcohol motifs (C(OH)–C–C–N with tert-alkyl or cyclic N) is 1. The molecule has 0 aliphatic carbocycles. The number of halogens is 1. The number of aliphatic imine (C=N–C) groups is 1. The topological polar surface area (TPSA) is 39.1 Å². The standard InChI is InChI=1S/C22H24ClN3O/c23-19-6-3-5-18(16-19)20-9-8-17-4-1-2-7-21(17)24-22(20)26-12-10-25(11-13-26)14-15-27/h1-7,9,16,27H,8,10-15H2. The smallest absolute Gasteiger partial charge is 0.136 e. The van der Waals surface area contributed by atoms with Crippen LogP contribution in [0.15, 0.2) is 59.6 Å². The van der Waals surface area contributed by atoms with Gasteiger partial charge in [-0.25, -0.2) is 4.99 Å². The van der Waals surface area contributed by atoms with Gasteiger partial charge in [-0.1, -0.05) is 48.0 Å². The third kappa shape index (κ3) is 4.08. The summed E-state index contributed by atoms with van der Waals surface area (Å²) in [4.78, 5) is 9.74. The van der Waals surface area contributed by atoms with Crippen molar-refractivity contribution in [1.82, 2.24) is 9.80 Å². The molecule has 0 aromatic heterocycles. The Labute approximate surface area is 165 Å². The minimum absolute atomic E-state index is 0.210. The summed E-state index contributed by atoms with van der Waals surface area (Å²) >= 11 is 6.27. The molecule has 27 heavy (non-hydrogen) atoms. The third-order valence-electron chi connectivity index (χ3n) is 5.21. The molecule has 0 atom stereocenters. The van der Waals surface area contributed by atoms with Crippen LogP contribution in [0, 0.1) is 0 Å². The number of amidine groups is 1. The first-order chi connectivity index (χ1) is 13.2. The lowest BCUT2D eigenvalue weighted by molar-refractivity contribution is 0.148. The Morgan fingerprint density at radius 3 is 2.59 bits per heavy atom. The zero-order chi connectivity index (χ0) is 18.6. The fraction of sp³-hybridized carbons (Fsp3) is 0.318. The van der Waals surface area contributed by atoms with Crippen LogP contribution in [0.1, 0.15) is 11.1 Å². The number of nitrogens with zero attached hydrogens (tertiary/aromatic N) is 3. The quantitative estimate of drug-likeness (QED) is 0.882. The van der Waals surface area contributed by atoms with Gasteiger partial charge in [-0.3, -0.25) is 4.90 Å². The number of hydrogen-bond acceptors (Lipinski definition) is 4. The summed E-state index contributed by atoms with van der Waals surface area (Å²) in [5.41, 5.74) is 4.53. The van der Waals surface area contributed by atoms with Crippen molar-refractivity contribution < 1.29 is 5.11 Å². The highest BCUT2D eigenvalue weighted by Gasteiger charge is 2.24. The van der Waals surface area contributed by atoms with E-state index >= 15 is 0 Å². The minimum Gasteiger partial charge on any atom is -0.395 e.